The van der Waals surface area contributed by atoms with Crippen LogP contribution in [0.25, 0.3) is 32.5 Å². The molecule has 6 heteroatoms. The molecule has 0 spiro atoms. The van der Waals surface area contributed by atoms with Crippen LogP contribution in [0.4, 0.5) is 0 Å². The van der Waals surface area contributed by atoms with Crippen molar-refractivity contribution in [1.29, 1.82) is 5.41 Å². The number of aromatic nitrogens is 1. The normalized spacial score (nSPS) is 15.3. The van der Waals surface area contributed by atoms with E-state index in [4.69, 9.17) is 14.6 Å². The Morgan fingerprint density at radius 3 is 2.90 bits per heavy atom. The zero-order valence-corrected chi connectivity index (χ0v) is 17.0. The van der Waals surface area contributed by atoms with Crippen LogP contribution in [0.1, 0.15) is 12.0 Å². The van der Waals surface area contributed by atoms with Crippen molar-refractivity contribution in [3.63, 3.8) is 0 Å². The number of morpholine rings is 1. The van der Waals surface area contributed by atoms with Gasteiger partial charge in [-0.25, -0.2) is 0 Å². The first-order chi connectivity index (χ1) is 14.3. The quantitative estimate of drug-likeness (QED) is 0.533. The minimum atomic E-state index is 0.476. The second-order valence-electron chi connectivity index (χ2n) is 7.44. The molecule has 4 aromatic rings. The minimum Gasteiger partial charge on any atom is -0.454 e. The molecule has 5 rings (SSSR count). The Morgan fingerprint density at radius 2 is 2.00 bits per heavy atom. The van der Waals surface area contributed by atoms with Crippen LogP contribution in [0.3, 0.4) is 0 Å². The Balaban J connectivity index is 1.36. The summed E-state index contributed by atoms with van der Waals surface area (Å²) in [5, 5.41) is 13.0. The second kappa shape index (κ2) is 8.06. The van der Waals surface area contributed by atoms with E-state index in [9.17, 15) is 0 Å². The summed E-state index contributed by atoms with van der Waals surface area (Å²) in [5.41, 5.74) is 2.75. The number of rotatable bonds is 5. The van der Waals surface area contributed by atoms with Crippen LogP contribution in [0, 0.1) is 5.41 Å². The highest BCUT2D eigenvalue weighted by Crippen LogP contribution is 2.27. The maximum atomic E-state index is 8.51. The first kappa shape index (κ1) is 18.5. The number of fused-ring (bicyclic) bond motifs is 2. The van der Waals surface area contributed by atoms with E-state index in [1.54, 1.807) is 17.4 Å². The monoisotopic (exact) mass is 405 g/mol. The van der Waals surface area contributed by atoms with E-state index in [2.05, 4.69) is 33.5 Å². The van der Waals surface area contributed by atoms with Crippen LogP contribution in [-0.4, -0.2) is 42.7 Å². The highest BCUT2D eigenvalue weighted by atomic mass is 32.1. The first-order valence-corrected chi connectivity index (χ1v) is 10.9. The Morgan fingerprint density at radius 1 is 1.10 bits per heavy atom. The van der Waals surface area contributed by atoms with Gasteiger partial charge in [-0.3, -0.25) is 15.3 Å². The van der Waals surface area contributed by atoms with Gasteiger partial charge >= 0.3 is 0 Å². The standard InChI is InChI=1S/C23H23N3O2S/c24-19-13-22(20-14-23-17(15-25-20)5-11-29-23)28-21-4-3-16(12-18(19)21)2-1-6-26-7-9-27-10-8-26/h3-5,11-15,24H,1-2,6-10H2. The van der Waals surface area contributed by atoms with E-state index in [1.807, 2.05) is 18.3 Å². The number of pyridine rings is 1. The highest BCUT2D eigenvalue weighted by molar-refractivity contribution is 7.17. The molecule has 5 nitrogen and oxygen atoms in total. The summed E-state index contributed by atoms with van der Waals surface area (Å²) in [4.78, 5) is 6.97. The lowest BCUT2D eigenvalue weighted by atomic mass is 10.1. The van der Waals surface area contributed by atoms with Gasteiger partial charge in [0.1, 0.15) is 11.3 Å². The van der Waals surface area contributed by atoms with E-state index >= 15 is 0 Å². The summed E-state index contributed by atoms with van der Waals surface area (Å²) in [6.07, 6.45) is 3.98. The lowest BCUT2D eigenvalue weighted by Gasteiger charge is -2.26. The molecule has 0 radical (unpaired) electrons. The Hall–Kier alpha value is -2.54. The molecule has 0 aliphatic carbocycles. The smallest absolute Gasteiger partial charge is 0.155 e. The molecule has 0 amide bonds. The van der Waals surface area contributed by atoms with Gasteiger partial charge in [-0.2, -0.15) is 0 Å². The third-order valence-electron chi connectivity index (χ3n) is 5.46. The van der Waals surface area contributed by atoms with Crippen molar-refractivity contribution >= 4 is 32.4 Å². The summed E-state index contributed by atoms with van der Waals surface area (Å²) in [6.45, 7) is 4.84. The van der Waals surface area contributed by atoms with Gasteiger partial charge in [0, 0.05) is 40.8 Å². The third-order valence-corrected chi connectivity index (χ3v) is 6.34. The molecule has 3 aromatic heterocycles. The van der Waals surface area contributed by atoms with Gasteiger partial charge in [0.25, 0.3) is 0 Å². The van der Waals surface area contributed by atoms with Crippen molar-refractivity contribution in [1.82, 2.24) is 9.88 Å². The molecule has 1 fully saturated rings. The van der Waals surface area contributed by atoms with Crippen molar-refractivity contribution in [2.45, 2.75) is 12.8 Å². The molecule has 4 heterocycles. The fraction of sp³-hybridized carbons (Fsp3) is 0.304. The Kier molecular flexibility index (Phi) is 5.14. The molecule has 1 aliphatic rings. The number of nitrogens with one attached hydrogen (secondary N) is 1. The Labute approximate surface area is 173 Å². The highest BCUT2D eigenvalue weighted by Gasteiger charge is 2.11. The molecule has 0 atom stereocenters. The van der Waals surface area contributed by atoms with E-state index in [0.717, 1.165) is 67.7 Å². The number of benzene rings is 1. The van der Waals surface area contributed by atoms with E-state index in [1.165, 1.54) is 10.3 Å². The van der Waals surface area contributed by atoms with Gasteiger partial charge in [0.15, 0.2) is 5.76 Å². The van der Waals surface area contributed by atoms with Gasteiger partial charge in [0.05, 0.1) is 18.6 Å². The van der Waals surface area contributed by atoms with Gasteiger partial charge in [0.2, 0.25) is 0 Å². The van der Waals surface area contributed by atoms with E-state index in [0.29, 0.717) is 11.1 Å². The number of thiophene rings is 1. The molecule has 0 unspecified atom stereocenters. The molecular formula is C23H23N3O2S. The number of hydrogen-bond donors (Lipinski definition) is 1. The van der Waals surface area contributed by atoms with Gasteiger partial charge in [-0.1, -0.05) is 6.07 Å². The molecule has 0 saturated carbocycles. The summed E-state index contributed by atoms with van der Waals surface area (Å²) < 4.78 is 12.7. The SMILES string of the molecule is N=c1cc(-c2cc3sccc3cn2)oc2ccc(CCCN3CCOCC3)cc12. The molecular weight excluding hydrogens is 382 g/mol. The lowest BCUT2D eigenvalue weighted by Crippen LogP contribution is -2.36. The fourth-order valence-electron chi connectivity index (χ4n) is 3.84. The second-order valence-corrected chi connectivity index (χ2v) is 8.39. The number of nitrogens with zero attached hydrogens (tertiary/aromatic N) is 2. The van der Waals surface area contributed by atoms with Crippen molar-refractivity contribution in [3.8, 4) is 11.5 Å². The molecule has 1 saturated heterocycles. The molecule has 29 heavy (non-hydrogen) atoms. The molecule has 148 valence electrons. The summed E-state index contributed by atoms with van der Waals surface area (Å²) in [5.74, 6) is 0.637. The van der Waals surface area contributed by atoms with Crippen LogP contribution in [0.15, 0.2) is 52.4 Å². The first-order valence-electron chi connectivity index (χ1n) is 10.0. The van der Waals surface area contributed by atoms with E-state index in [-0.39, 0.29) is 0 Å². The summed E-state index contributed by atoms with van der Waals surface area (Å²) >= 11 is 1.68. The number of hydrogen-bond acceptors (Lipinski definition) is 6. The molecule has 1 N–H and O–H groups in total. The zero-order chi connectivity index (χ0) is 19.6. The minimum absolute atomic E-state index is 0.476. The topological polar surface area (TPSA) is 62.4 Å². The van der Waals surface area contributed by atoms with Crippen LogP contribution in [0.5, 0.6) is 0 Å². The predicted molar refractivity (Wildman–Crippen MR) is 116 cm³/mol. The van der Waals surface area contributed by atoms with Crippen molar-refractivity contribution in [3.05, 3.63) is 58.9 Å². The largest absolute Gasteiger partial charge is 0.454 e. The summed E-state index contributed by atoms with van der Waals surface area (Å²) in [7, 11) is 0. The molecule has 1 aliphatic heterocycles. The van der Waals surface area contributed by atoms with Crippen LogP contribution < -0.4 is 5.36 Å². The maximum absolute atomic E-state index is 8.51. The predicted octanol–water partition coefficient (Wildman–Crippen LogP) is 4.45. The summed E-state index contributed by atoms with van der Waals surface area (Å²) in [6, 6.07) is 12.1. The van der Waals surface area contributed by atoms with Gasteiger partial charge in [-0.15, -0.1) is 11.3 Å². The lowest BCUT2D eigenvalue weighted by molar-refractivity contribution is 0.0375. The number of aryl methyl sites for hydroxylation is 1. The van der Waals surface area contributed by atoms with Crippen LogP contribution in [-0.2, 0) is 11.2 Å². The number of ether oxygens (including phenoxy) is 1. The molecule has 1 aromatic carbocycles. The van der Waals surface area contributed by atoms with Gasteiger partial charge < -0.3 is 9.15 Å². The zero-order valence-electron chi connectivity index (χ0n) is 16.2. The van der Waals surface area contributed by atoms with Gasteiger partial charge in [-0.05, 0) is 54.6 Å². The molecule has 0 bridgehead atoms. The Bertz CT molecular complexity index is 1210. The van der Waals surface area contributed by atoms with Crippen LogP contribution >= 0.6 is 11.3 Å². The average Bonchev–Trinajstić information content (AvgIpc) is 3.23. The van der Waals surface area contributed by atoms with E-state index < -0.39 is 0 Å². The van der Waals surface area contributed by atoms with Crippen LogP contribution in [0.2, 0.25) is 0 Å². The maximum Gasteiger partial charge on any atom is 0.155 e. The average molecular weight is 406 g/mol. The van der Waals surface area contributed by atoms with Crippen molar-refractivity contribution < 1.29 is 9.15 Å². The third kappa shape index (κ3) is 3.96. The van der Waals surface area contributed by atoms with Crippen molar-refractivity contribution in [2.24, 2.45) is 0 Å². The fourth-order valence-corrected chi connectivity index (χ4v) is 4.63. The van der Waals surface area contributed by atoms with Crippen molar-refractivity contribution in [2.75, 3.05) is 32.8 Å².